The quantitative estimate of drug-likeness (QED) is 0.814. The van der Waals surface area contributed by atoms with E-state index >= 15 is 0 Å². The number of hydrogen-bond acceptors (Lipinski definition) is 2. The van der Waals surface area contributed by atoms with Gasteiger partial charge in [-0.2, -0.15) is 0 Å². The van der Waals surface area contributed by atoms with E-state index in [9.17, 15) is 15.0 Å². The van der Waals surface area contributed by atoms with Crippen LogP contribution < -0.4 is 0 Å². The Hall–Kier alpha value is -0.570. The van der Waals surface area contributed by atoms with Gasteiger partial charge in [-0.05, 0) is 36.0 Å². The van der Waals surface area contributed by atoms with E-state index in [4.69, 9.17) is 0 Å². The van der Waals surface area contributed by atoms with Crippen LogP contribution in [0.3, 0.4) is 0 Å². The van der Waals surface area contributed by atoms with Gasteiger partial charge >= 0.3 is 5.97 Å². The minimum atomic E-state index is -1.09. The number of rotatable bonds is 3. The van der Waals surface area contributed by atoms with Crippen LogP contribution >= 0.6 is 0 Å². The number of carboxylic acid groups (broad SMARTS) is 1. The van der Waals surface area contributed by atoms with Gasteiger partial charge in [0, 0.05) is 0 Å². The molecule has 1 aliphatic carbocycles. The highest BCUT2D eigenvalue weighted by Gasteiger charge is 2.53. The Bertz CT molecular complexity index is 313. The number of aliphatic hydroxyl groups is 1. The number of hydrogen-bond donors (Lipinski definition) is 2. The molecule has 1 saturated carbocycles. The van der Waals surface area contributed by atoms with E-state index in [1.807, 2.05) is 13.8 Å². The van der Waals surface area contributed by atoms with Crippen molar-refractivity contribution in [2.45, 2.75) is 66.4 Å². The summed E-state index contributed by atoms with van der Waals surface area (Å²) in [5.74, 6) is -1.62. The second-order valence-corrected chi connectivity index (χ2v) is 8.02. The van der Waals surface area contributed by atoms with E-state index in [0.717, 1.165) is 6.42 Å². The molecule has 0 bridgehead atoms. The summed E-state index contributed by atoms with van der Waals surface area (Å²) in [4.78, 5) is 11.5. The molecule has 18 heavy (non-hydrogen) atoms. The highest BCUT2D eigenvalue weighted by atomic mass is 16.4. The molecule has 1 rings (SSSR count). The molecule has 0 aromatic carbocycles. The molecule has 0 aromatic heterocycles. The van der Waals surface area contributed by atoms with Crippen molar-refractivity contribution in [3.63, 3.8) is 0 Å². The Labute approximate surface area is 111 Å². The van der Waals surface area contributed by atoms with Gasteiger partial charge in [0.05, 0.1) is 11.5 Å². The predicted molar refractivity (Wildman–Crippen MR) is 72.3 cm³/mol. The molecule has 1 fully saturated rings. The molecule has 3 heteroatoms. The van der Waals surface area contributed by atoms with Gasteiger partial charge in [0.2, 0.25) is 0 Å². The molecule has 0 amide bonds. The molecule has 0 spiro atoms. The highest BCUT2D eigenvalue weighted by Crippen LogP contribution is 2.53. The van der Waals surface area contributed by atoms with Crippen molar-refractivity contribution >= 4 is 5.97 Å². The topological polar surface area (TPSA) is 57.5 Å². The molecule has 1 aliphatic rings. The first-order chi connectivity index (χ1) is 7.89. The Morgan fingerprint density at radius 3 is 1.67 bits per heavy atom. The fourth-order valence-corrected chi connectivity index (χ4v) is 4.50. The van der Waals surface area contributed by atoms with E-state index in [-0.39, 0.29) is 16.7 Å². The van der Waals surface area contributed by atoms with Crippen molar-refractivity contribution in [2.24, 2.45) is 22.7 Å². The zero-order chi connectivity index (χ0) is 14.4. The lowest BCUT2D eigenvalue weighted by molar-refractivity contribution is -0.171. The Morgan fingerprint density at radius 1 is 1.00 bits per heavy atom. The predicted octanol–water partition coefficient (Wildman–Crippen LogP) is 3.31. The lowest BCUT2D eigenvalue weighted by Crippen LogP contribution is -2.54. The highest BCUT2D eigenvalue weighted by molar-refractivity contribution is 5.72. The average molecular weight is 256 g/mol. The van der Waals surface area contributed by atoms with Gasteiger partial charge < -0.3 is 10.2 Å². The second kappa shape index (κ2) is 4.52. The minimum absolute atomic E-state index is 0.0148. The van der Waals surface area contributed by atoms with E-state index in [1.165, 1.54) is 0 Å². The van der Waals surface area contributed by atoms with E-state index < -0.39 is 17.5 Å². The number of aliphatic carboxylic acids is 1. The first-order valence-corrected chi connectivity index (χ1v) is 6.84. The van der Waals surface area contributed by atoms with Crippen LogP contribution in [-0.4, -0.2) is 21.8 Å². The van der Waals surface area contributed by atoms with E-state index in [1.54, 1.807) is 0 Å². The third kappa shape index (κ3) is 3.25. The maximum Gasteiger partial charge on any atom is 0.309 e. The van der Waals surface area contributed by atoms with Gasteiger partial charge in [0.25, 0.3) is 0 Å². The fourth-order valence-electron chi connectivity index (χ4n) is 4.50. The molecular weight excluding hydrogens is 228 g/mol. The molecule has 106 valence electrons. The van der Waals surface area contributed by atoms with Gasteiger partial charge in [-0.1, -0.05) is 41.5 Å². The van der Waals surface area contributed by atoms with E-state index in [0.29, 0.717) is 12.8 Å². The molecule has 0 aliphatic heterocycles. The van der Waals surface area contributed by atoms with Crippen LogP contribution in [0.5, 0.6) is 0 Å². The number of carbonyl (C=O) groups is 1. The molecule has 0 radical (unpaired) electrons. The molecule has 2 N–H and O–H groups in total. The molecule has 3 nitrogen and oxygen atoms in total. The van der Waals surface area contributed by atoms with Crippen LogP contribution in [0, 0.1) is 22.7 Å². The largest absolute Gasteiger partial charge is 0.481 e. The first-order valence-electron chi connectivity index (χ1n) is 6.84. The smallest absolute Gasteiger partial charge is 0.309 e. The zero-order valence-corrected chi connectivity index (χ0v) is 12.6. The molecule has 0 saturated heterocycles. The zero-order valence-electron chi connectivity index (χ0n) is 12.6. The van der Waals surface area contributed by atoms with Crippen molar-refractivity contribution in [3.05, 3.63) is 0 Å². The van der Waals surface area contributed by atoms with Gasteiger partial charge in [-0.25, -0.2) is 0 Å². The third-order valence-electron chi connectivity index (χ3n) is 4.04. The van der Waals surface area contributed by atoms with Crippen LogP contribution in [0.2, 0.25) is 0 Å². The van der Waals surface area contributed by atoms with Crippen molar-refractivity contribution in [1.29, 1.82) is 0 Å². The van der Waals surface area contributed by atoms with Crippen LogP contribution in [-0.2, 0) is 4.79 Å². The molecule has 0 heterocycles. The third-order valence-corrected chi connectivity index (χ3v) is 4.04. The summed E-state index contributed by atoms with van der Waals surface area (Å²) >= 11 is 0. The lowest BCUT2D eigenvalue weighted by atomic mass is 9.55. The maximum absolute atomic E-state index is 11.5. The van der Waals surface area contributed by atoms with Crippen molar-refractivity contribution in [1.82, 2.24) is 0 Å². The van der Waals surface area contributed by atoms with Crippen LogP contribution in [0.4, 0.5) is 0 Å². The minimum Gasteiger partial charge on any atom is -0.481 e. The summed E-state index contributed by atoms with van der Waals surface area (Å²) in [6, 6.07) is 0. The van der Waals surface area contributed by atoms with Gasteiger partial charge in [0.15, 0.2) is 0 Å². The molecule has 1 atom stereocenters. The summed E-state index contributed by atoms with van der Waals surface area (Å²) < 4.78 is 0. The second-order valence-electron chi connectivity index (χ2n) is 8.02. The Kier molecular flexibility index (Phi) is 3.89. The van der Waals surface area contributed by atoms with Crippen molar-refractivity contribution in [2.75, 3.05) is 0 Å². The Morgan fingerprint density at radius 2 is 1.39 bits per heavy atom. The average Bonchev–Trinajstić information content (AvgIpc) is 1.90. The van der Waals surface area contributed by atoms with Gasteiger partial charge in [-0.3, -0.25) is 4.79 Å². The van der Waals surface area contributed by atoms with Gasteiger partial charge in [0.1, 0.15) is 0 Å². The lowest BCUT2D eigenvalue weighted by Gasteiger charge is -2.52. The summed E-state index contributed by atoms with van der Waals surface area (Å²) in [5.41, 5.74) is -1.12. The molecule has 1 unspecified atom stereocenters. The summed E-state index contributed by atoms with van der Waals surface area (Å²) in [5, 5.41) is 20.4. The van der Waals surface area contributed by atoms with Crippen LogP contribution in [0.1, 0.15) is 60.8 Å². The SMILES string of the molecule is CC(C)C(C(=O)O)C1(O)CC(C)(C)CC(C)(C)C1. The molecular formula is C15H28O3. The normalized spacial score (nSPS) is 26.9. The van der Waals surface area contributed by atoms with Crippen molar-refractivity contribution < 1.29 is 15.0 Å². The summed E-state index contributed by atoms with van der Waals surface area (Å²) in [6.07, 6.45) is 2.16. The van der Waals surface area contributed by atoms with Crippen LogP contribution in [0.25, 0.3) is 0 Å². The van der Waals surface area contributed by atoms with Crippen LogP contribution in [0.15, 0.2) is 0 Å². The fraction of sp³-hybridized carbons (Fsp3) is 0.933. The summed E-state index contributed by atoms with van der Waals surface area (Å²) in [6.45, 7) is 12.3. The van der Waals surface area contributed by atoms with Gasteiger partial charge in [-0.15, -0.1) is 0 Å². The molecule has 0 aromatic rings. The summed E-state index contributed by atoms with van der Waals surface area (Å²) in [7, 11) is 0. The first kappa shape index (κ1) is 15.5. The monoisotopic (exact) mass is 256 g/mol. The maximum atomic E-state index is 11.5. The van der Waals surface area contributed by atoms with Crippen molar-refractivity contribution in [3.8, 4) is 0 Å². The Balaban J connectivity index is 3.13. The van der Waals surface area contributed by atoms with E-state index in [2.05, 4.69) is 27.7 Å². The standard InChI is InChI=1S/C15H28O3/c1-10(2)11(12(16)17)15(18)8-13(3,4)7-14(5,6)9-15/h10-11,18H,7-9H2,1-6H3,(H,16,17). The number of carboxylic acids is 1.